The maximum absolute atomic E-state index is 4.28. The van der Waals surface area contributed by atoms with E-state index in [1.165, 1.54) is 18.5 Å². The summed E-state index contributed by atoms with van der Waals surface area (Å²) < 4.78 is 0. The molecule has 3 nitrogen and oxygen atoms in total. The molecule has 0 aliphatic heterocycles. The van der Waals surface area contributed by atoms with E-state index in [1.807, 2.05) is 7.05 Å². The highest BCUT2D eigenvalue weighted by atomic mass is 14.9. The molecule has 0 spiro atoms. The standard InChI is InChI=1S/C10H15N3/c1-11-5-4-9-6-10(8-2-3-8)13-7-12-9/h6-8,11H,2-5H2,1H3. The first kappa shape index (κ1) is 8.63. The molecule has 1 aromatic heterocycles. The van der Waals surface area contributed by atoms with E-state index >= 15 is 0 Å². The van der Waals surface area contributed by atoms with E-state index < -0.39 is 0 Å². The number of rotatable bonds is 4. The van der Waals surface area contributed by atoms with Crippen molar-refractivity contribution in [2.75, 3.05) is 13.6 Å². The zero-order valence-electron chi connectivity index (χ0n) is 7.95. The molecule has 1 aliphatic carbocycles. The van der Waals surface area contributed by atoms with Crippen LogP contribution < -0.4 is 5.32 Å². The summed E-state index contributed by atoms with van der Waals surface area (Å²) in [5, 5.41) is 3.12. The van der Waals surface area contributed by atoms with Gasteiger partial charge in [-0.05, 0) is 26.0 Å². The van der Waals surface area contributed by atoms with Gasteiger partial charge in [0.05, 0.1) is 0 Å². The van der Waals surface area contributed by atoms with Gasteiger partial charge in [0.25, 0.3) is 0 Å². The molecule has 0 aromatic carbocycles. The van der Waals surface area contributed by atoms with Gasteiger partial charge in [0.2, 0.25) is 0 Å². The highest BCUT2D eigenvalue weighted by molar-refractivity contribution is 5.17. The fourth-order valence-corrected chi connectivity index (χ4v) is 1.41. The van der Waals surface area contributed by atoms with Crippen molar-refractivity contribution in [3.63, 3.8) is 0 Å². The smallest absolute Gasteiger partial charge is 0.115 e. The Morgan fingerprint density at radius 1 is 1.46 bits per heavy atom. The summed E-state index contributed by atoms with van der Waals surface area (Å²) in [6.45, 7) is 0.987. The van der Waals surface area contributed by atoms with Crippen LogP contribution in [0.3, 0.4) is 0 Å². The molecule has 0 unspecified atom stereocenters. The Morgan fingerprint density at radius 3 is 3.00 bits per heavy atom. The van der Waals surface area contributed by atoms with Gasteiger partial charge in [0.15, 0.2) is 0 Å². The van der Waals surface area contributed by atoms with Crippen LogP contribution >= 0.6 is 0 Å². The first-order chi connectivity index (χ1) is 6.40. The van der Waals surface area contributed by atoms with Crippen molar-refractivity contribution in [1.29, 1.82) is 0 Å². The molecular formula is C10H15N3. The lowest BCUT2D eigenvalue weighted by molar-refractivity contribution is 0.769. The second kappa shape index (κ2) is 3.83. The highest BCUT2D eigenvalue weighted by Crippen LogP contribution is 2.38. The molecule has 1 saturated carbocycles. The van der Waals surface area contributed by atoms with Crippen molar-refractivity contribution < 1.29 is 0 Å². The van der Waals surface area contributed by atoms with Crippen LogP contribution in [0.25, 0.3) is 0 Å². The highest BCUT2D eigenvalue weighted by Gasteiger charge is 2.24. The van der Waals surface area contributed by atoms with Crippen molar-refractivity contribution >= 4 is 0 Å². The molecule has 70 valence electrons. The average molecular weight is 177 g/mol. The van der Waals surface area contributed by atoms with Crippen molar-refractivity contribution in [3.05, 3.63) is 23.8 Å². The van der Waals surface area contributed by atoms with Gasteiger partial charge < -0.3 is 5.32 Å². The maximum Gasteiger partial charge on any atom is 0.115 e. The SMILES string of the molecule is CNCCc1cc(C2CC2)ncn1. The second-order valence-corrected chi connectivity index (χ2v) is 3.56. The van der Waals surface area contributed by atoms with Gasteiger partial charge in [-0.15, -0.1) is 0 Å². The van der Waals surface area contributed by atoms with Gasteiger partial charge in [-0.25, -0.2) is 9.97 Å². The third-order valence-electron chi connectivity index (χ3n) is 2.37. The molecule has 0 amide bonds. The maximum atomic E-state index is 4.28. The largest absolute Gasteiger partial charge is 0.319 e. The molecule has 0 atom stereocenters. The fourth-order valence-electron chi connectivity index (χ4n) is 1.41. The summed E-state index contributed by atoms with van der Waals surface area (Å²) in [6.07, 6.45) is 5.31. The lowest BCUT2D eigenvalue weighted by Crippen LogP contribution is -2.11. The number of nitrogens with one attached hydrogen (secondary N) is 1. The molecule has 3 heteroatoms. The van der Waals surface area contributed by atoms with Crippen LogP contribution in [0.15, 0.2) is 12.4 Å². The quantitative estimate of drug-likeness (QED) is 0.748. The van der Waals surface area contributed by atoms with Crippen LogP contribution in [-0.2, 0) is 6.42 Å². The predicted octanol–water partition coefficient (Wildman–Crippen LogP) is 1.12. The Hall–Kier alpha value is -0.960. The second-order valence-electron chi connectivity index (χ2n) is 3.56. The van der Waals surface area contributed by atoms with Crippen LogP contribution in [0.2, 0.25) is 0 Å². The van der Waals surface area contributed by atoms with Crippen LogP contribution in [0, 0.1) is 0 Å². The minimum Gasteiger partial charge on any atom is -0.319 e. The monoisotopic (exact) mass is 177 g/mol. The lowest BCUT2D eigenvalue weighted by atomic mass is 10.2. The minimum atomic E-state index is 0.733. The van der Waals surface area contributed by atoms with E-state index in [4.69, 9.17) is 0 Å². The lowest BCUT2D eigenvalue weighted by Gasteiger charge is -2.01. The molecule has 13 heavy (non-hydrogen) atoms. The van der Waals surface area contributed by atoms with Gasteiger partial charge in [-0.2, -0.15) is 0 Å². The molecule has 0 radical (unpaired) electrons. The van der Waals surface area contributed by atoms with E-state index in [1.54, 1.807) is 6.33 Å². The number of aromatic nitrogens is 2. The van der Waals surface area contributed by atoms with E-state index in [-0.39, 0.29) is 0 Å². The van der Waals surface area contributed by atoms with Crippen LogP contribution in [0.4, 0.5) is 0 Å². The fraction of sp³-hybridized carbons (Fsp3) is 0.600. The van der Waals surface area contributed by atoms with Crippen LogP contribution in [-0.4, -0.2) is 23.6 Å². The normalized spacial score (nSPS) is 16.1. The summed E-state index contributed by atoms with van der Waals surface area (Å²) in [4.78, 5) is 8.51. The van der Waals surface area contributed by atoms with Crippen LogP contribution in [0.5, 0.6) is 0 Å². The minimum absolute atomic E-state index is 0.733. The van der Waals surface area contributed by atoms with E-state index in [0.29, 0.717) is 0 Å². The Morgan fingerprint density at radius 2 is 2.31 bits per heavy atom. The third-order valence-corrected chi connectivity index (χ3v) is 2.37. The van der Waals surface area contributed by atoms with Crippen molar-refractivity contribution in [2.24, 2.45) is 0 Å². The molecule has 0 saturated heterocycles. The Balaban J connectivity index is 2.03. The van der Waals surface area contributed by atoms with Gasteiger partial charge in [0, 0.05) is 30.3 Å². The molecule has 2 rings (SSSR count). The van der Waals surface area contributed by atoms with Gasteiger partial charge in [0.1, 0.15) is 6.33 Å². The zero-order chi connectivity index (χ0) is 9.10. The molecule has 0 bridgehead atoms. The first-order valence-corrected chi connectivity index (χ1v) is 4.85. The predicted molar refractivity (Wildman–Crippen MR) is 51.6 cm³/mol. The van der Waals surface area contributed by atoms with Crippen molar-refractivity contribution in [3.8, 4) is 0 Å². The first-order valence-electron chi connectivity index (χ1n) is 4.85. The summed E-state index contributed by atoms with van der Waals surface area (Å²) in [7, 11) is 1.96. The van der Waals surface area contributed by atoms with Gasteiger partial charge in [-0.3, -0.25) is 0 Å². The Bertz CT molecular complexity index is 281. The van der Waals surface area contributed by atoms with Crippen molar-refractivity contribution in [2.45, 2.75) is 25.2 Å². The number of hydrogen-bond donors (Lipinski definition) is 1. The summed E-state index contributed by atoms with van der Waals surface area (Å²) in [6, 6.07) is 2.15. The molecule has 1 heterocycles. The van der Waals surface area contributed by atoms with Crippen LogP contribution in [0.1, 0.15) is 30.1 Å². The van der Waals surface area contributed by atoms with E-state index in [2.05, 4.69) is 21.4 Å². The molecule has 1 N–H and O–H groups in total. The van der Waals surface area contributed by atoms with Gasteiger partial charge >= 0.3 is 0 Å². The zero-order valence-corrected chi connectivity index (χ0v) is 7.95. The molecule has 1 aliphatic rings. The average Bonchev–Trinajstić information content (AvgIpc) is 2.98. The summed E-state index contributed by atoms with van der Waals surface area (Å²) in [5.41, 5.74) is 2.40. The molecular weight excluding hydrogens is 162 g/mol. The summed E-state index contributed by atoms with van der Waals surface area (Å²) >= 11 is 0. The van der Waals surface area contributed by atoms with Crippen molar-refractivity contribution in [1.82, 2.24) is 15.3 Å². The number of hydrogen-bond acceptors (Lipinski definition) is 3. The Kier molecular flexibility index (Phi) is 2.54. The number of nitrogens with zero attached hydrogens (tertiary/aromatic N) is 2. The third kappa shape index (κ3) is 2.25. The molecule has 1 aromatic rings. The molecule has 1 fully saturated rings. The summed E-state index contributed by atoms with van der Waals surface area (Å²) in [5.74, 6) is 0.733. The van der Waals surface area contributed by atoms with E-state index in [9.17, 15) is 0 Å². The topological polar surface area (TPSA) is 37.8 Å². The Labute approximate surface area is 78.6 Å². The van der Waals surface area contributed by atoms with Gasteiger partial charge in [-0.1, -0.05) is 0 Å². The van der Waals surface area contributed by atoms with E-state index in [0.717, 1.165) is 24.6 Å². The number of likely N-dealkylation sites (N-methyl/N-ethyl adjacent to an activating group) is 1.